The molecule has 50 heavy (non-hydrogen) atoms. The van der Waals surface area contributed by atoms with Crippen LogP contribution in [-0.4, -0.2) is 17.2 Å². The zero-order valence-electron chi connectivity index (χ0n) is 30.6. The van der Waals surface area contributed by atoms with E-state index in [-0.39, 0.29) is 0 Å². The van der Waals surface area contributed by atoms with Crippen LogP contribution in [0.3, 0.4) is 0 Å². The van der Waals surface area contributed by atoms with Crippen molar-refractivity contribution in [3.63, 3.8) is 0 Å². The Morgan fingerprint density at radius 1 is 0.440 bits per heavy atom. The molecule has 0 spiro atoms. The number of benzene rings is 7. The Labute approximate surface area is 297 Å². The number of hydrogen-bond acceptors (Lipinski definition) is 0. The lowest BCUT2D eigenvalue weighted by Gasteiger charge is -2.34. The third kappa shape index (κ3) is 4.76. The first-order valence-electron chi connectivity index (χ1n) is 18.5. The predicted molar refractivity (Wildman–Crippen MR) is 217 cm³/mol. The molecule has 0 aliphatic heterocycles. The van der Waals surface area contributed by atoms with Crippen molar-refractivity contribution in [2.75, 3.05) is 0 Å². The number of fused-ring (bicyclic) bond motifs is 6. The van der Waals surface area contributed by atoms with Gasteiger partial charge >= 0.3 is 0 Å². The van der Waals surface area contributed by atoms with Gasteiger partial charge in [-0.3, -0.25) is 0 Å². The van der Waals surface area contributed by atoms with Crippen molar-refractivity contribution in [3.8, 4) is 5.69 Å². The Hall–Kier alpha value is -5.64. The summed E-state index contributed by atoms with van der Waals surface area (Å²) in [5, 5.41) is 9.63. The molecule has 0 aliphatic rings. The van der Waals surface area contributed by atoms with E-state index in [1.54, 1.807) is 0 Å². The molecular weight excluding hydrogens is 621 g/mol. The fourth-order valence-electron chi connectivity index (χ4n) is 8.10. The van der Waals surface area contributed by atoms with E-state index in [1.807, 2.05) is 25.3 Å². The van der Waals surface area contributed by atoms with Gasteiger partial charge in [-0.15, -0.1) is 0 Å². The summed E-state index contributed by atoms with van der Waals surface area (Å²) in [4.78, 5) is 0. The van der Waals surface area contributed by atoms with Gasteiger partial charge in [-0.1, -0.05) is 160 Å². The molecule has 0 saturated heterocycles. The molecule has 0 aliphatic carbocycles. The Morgan fingerprint density at radius 3 is 1.44 bits per heavy atom. The second kappa shape index (κ2) is 11.8. The van der Waals surface area contributed by atoms with E-state index in [4.69, 9.17) is 0 Å². The molecule has 0 radical (unpaired) electrons. The summed E-state index contributed by atoms with van der Waals surface area (Å²) in [6.07, 6.45) is 0. The van der Waals surface area contributed by atoms with Crippen molar-refractivity contribution in [2.45, 2.75) is 27.3 Å². The lowest BCUT2D eigenvalue weighted by atomic mass is 9.97. The standard InChI is InChI=1S/C47H40N2Si/c1-47(2,3)33-48-43-30-27-34(49-44-25-15-13-23-39(44)40-24-14-16-26-45(40)49)31-42(43)41-29-28-38(32-46(41)48)50(35-17-7-4-8-18-35,36-19-9-5-10-20-36)37-21-11-6-12-22-37/h4-32H,33H2,1-3H3/i33D2. The van der Waals surface area contributed by atoms with E-state index in [1.165, 1.54) is 31.5 Å². The van der Waals surface area contributed by atoms with Crippen molar-refractivity contribution in [1.82, 2.24) is 9.13 Å². The Morgan fingerprint density at radius 2 is 0.920 bits per heavy atom. The minimum Gasteiger partial charge on any atom is -0.340 e. The SMILES string of the molecule is [2H]C([2H])(n1c2ccc(-n3c4ccccc4c4ccccc43)cc2c2ccc([Si](c3ccccc3)(c3ccccc3)c3ccccc3)cc21)C(C)(C)C. The summed E-state index contributed by atoms with van der Waals surface area (Å²) < 4.78 is 23.9. The largest absolute Gasteiger partial charge is 0.340 e. The third-order valence-corrected chi connectivity index (χ3v) is 14.9. The van der Waals surface area contributed by atoms with Gasteiger partial charge < -0.3 is 9.13 Å². The predicted octanol–water partition coefficient (Wildman–Crippen LogP) is 9.32. The molecule has 3 heteroatoms. The highest BCUT2D eigenvalue weighted by molar-refractivity contribution is 7.20. The normalized spacial score (nSPS) is 13.3. The van der Waals surface area contributed by atoms with Crippen LogP contribution in [0.15, 0.2) is 176 Å². The Kier molecular flexibility index (Phi) is 6.63. The zero-order valence-corrected chi connectivity index (χ0v) is 29.6. The molecule has 0 amide bonds. The molecule has 242 valence electrons. The number of rotatable bonds is 6. The first kappa shape index (κ1) is 28.2. The van der Waals surface area contributed by atoms with Crippen LogP contribution in [0.5, 0.6) is 0 Å². The summed E-state index contributed by atoms with van der Waals surface area (Å²) in [6, 6.07) is 63.4. The van der Waals surface area contributed by atoms with E-state index >= 15 is 0 Å². The number of aromatic nitrogens is 2. The molecule has 2 nitrogen and oxygen atoms in total. The zero-order chi connectivity index (χ0) is 35.7. The van der Waals surface area contributed by atoms with E-state index in [9.17, 15) is 2.74 Å². The topological polar surface area (TPSA) is 9.86 Å². The quantitative estimate of drug-likeness (QED) is 0.124. The van der Waals surface area contributed by atoms with Gasteiger partial charge in [0.2, 0.25) is 0 Å². The second-order valence-electron chi connectivity index (χ2n) is 14.3. The van der Waals surface area contributed by atoms with Crippen LogP contribution in [-0.2, 0) is 6.50 Å². The van der Waals surface area contributed by atoms with E-state index in [0.717, 1.165) is 38.5 Å². The fourth-order valence-corrected chi connectivity index (χ4v) is 12.9. The van der Waals surface area contributed by atoms with Crippen molar-refractivity contribution < 1.29 is 2.74 Å². The molecule has 0 atom stereocenters. The highest BCUT2D eigenvalue weighted by atomic mass is 28.3. The number of hydrogen-bond donors (Lipinski definition) is 0. The van der Waals surface area contributed by atoms with Gasteiger partial charge in [0.25, 0.3) is 0 Å². The van der Waals surface area contributed by atoms with E-state index in [2.05, 4.69) is 180 Å². The molecule has 0 fully saturated rings. The van der Waals surface area contributed by atoms with Crippen LogP contribution in [0.25, 0.3) is 49.3 Å². The fraction of sp³-hybridized carbons (Fsp3) is 0.106. The summed E-state index contributed by atoms with van der Waals surface area (Å²) in [7, 11) is -2.85. The molecule has 0 unspecified atom stereocenters. The Balaban J connectivity index is 1.39. The van der Waals surface area contributed by atoms with Crippen LogP contribution >= 0.6 is 0 Å². The van der Waals surface area contributed by atoms with Gasteiger partial charge in [0.1, 0.15) is 0 Å². The average Bonchev–Trinajstić information content (AvgIpc) is 3.69. The molecular formula is C47H40N2Si. The molecule has 2 heterocycles. The van der Waals surface area contributed by atoms with Gasteiger partial charge in [-0.2, -0.15) is 0 Å². The van der Waals surface area contributed by atoms with Gasteiger partial charge in [0.15, 0.2) is 8.07 Å². The third-order valence-electron chi connectivity index (χ3n) is 10.1. The summed E-state index contributed by atoms with van der Waals surface area (Å²) in [5.74, 6) is 0. The molecule has 2 aromatic heterocycles. The van der Waals surface area contributed by atoms with Crippen LogP contribution in [0.2, 0.25) is 0 Å². The van der Waals surface area contributed by atoms with E-state index in [0.29, 0.717) is 0 Å². The number of para-hydroxylation sites is 2. The lowest BCUT2D eigenvalue weighted by Crippen LogP contribution is -2.74. The first-order chi connectivity index (χ1) is 25.2. The van der Waals surface area contributed by atoms with Crippen molar-refractivity contribution in [1.29, 1.82) is 0 Å². The minimum atomic E-state index is -2.85. The molecule has 0 N–H and O–H groups in total. The molecule has 9 rings (SSSR count). The highest BCUT2D eigenvalue weighted by Crippen LogP contribution is 2.36. The van der Waals surface area contributed by atoms with Crippen LogP contribution in [0.4, 0.5) is 0 Å². The van der Waals surface area contributed by atoms with Crippen molar-refractivity contribution in [3.05, 3.63) is 176 Å². The minimum absolute atomic E-state index is 0.680. The number of nitrogens with zero attached hydrogens (tertiary/aromatic N) is 2. The monoisotopic (exact) mass is 662 g/mol. The van der Waals surface area contributed by atoms with Crippen LogP contribution in [0.1, 0.15) is 23.5 Å². The maximum Gasteiger partial charge on any atom is 0.179 e. The molecule has 0 bridgehead atoms. The molecule has 0 saturated carbocycles. The van der Waals surface area contributed by atoms with Gasteiger partial charge in [-0.05, 0) is 62.6 Å². The summed E-state index contributed by atoms with van der Waals surface area (Å²) in [6.45, 7) is 4.30. The van der Waals surface area contributed by atoms with Gasteiger partial charge in [-0.25, -0.2) is 0 Å². The van der Waals surface area contributed by atoms with Gasteiger partial charge in [0.05, 0.1) is 13.8 Å². The van der Waals surface area contributed by atoms with Crippen LogP contribution < -0.4 is 20.7 Å². The van der Waals surface area contributed by atoms with Crippen LogP contribution in [0, 0.1) is 5.41 Å². The van der Waals surface area contributed by atoms with Crippen molar-refractivity contribution >= 4 is 72.4 Å². The lowest BCUT2D eigenvalue weighted by molar-refractivity contribution is 0.354. The smallest absolute Gasteiger partial charge is 0.179 e. The second-order valence-corrected chi connectivity index (χ2v) is 18.2. The Bertz CT molecular complexity index is 2590. The maximum atomic E-state index is 9.76. The van der Waals surface area contributed by atoms with Gasteiger partial charge in [0, 0.05) is 44.8 Å². The average molecular weight is 663 g/mol. The first-order valence-corrected chi connectivity index (χ1v) is 19.5. The highest BCUT2D eigenvalue weighted by Gasteiger charge is 2.41. The summed E-state index contributed by atoms with van der Waals surface area (Å²) in [5.41, 5.74) is 4.49. The van der Waals surface area contributed by atoms with Crippen molar-refractivity contribution in [2.24, 2.45) is 5.41 Å². The summed E-state index contributed by atoms with van der Waals surface area (Å²) >= 11 is 0. The maximum absolute atomic E-state index is 9.76. The molecule has 7 aromatic carbocycles. The van der Waals surface area contributed by atoms with E-state index < -0.39 is 20.0 Å². The molecule has 9 aromatic rings.